The van der Waals surface area contributed by atoms with Crippen molar-refractivity contribution in [1.29, 1.82) is 0 Å². The van der Waals surface area contributed by atoms with Gasteiger partial charge in [-0.25, -0.2) is 4.98 Å². The molecule has 5 nitrogen and oxygen atoms in total. The fraction of sp³-hybridized carbons (Fsp3) is 0.200. The molecule has 9 aromatic carbocycles. The van der Waals surface area contributed by atoms with Crippen molar-refractivity contribution in [2.75, 3.05) is 0 Å². The van der Waals surface area contributed by atoms with Crippen LogP contribution in [-0.4, -0.2) is 24.2 Å². The third-order valence-corrected chi connectivity index (χ3v) is 16.5. The average molecular weight is 1040 g/mol. The molecule has 3 aromatic heterocycles. The molecule has 0 saturated carbocycles. The quantitative estimate of drug-likeness (QED) is 0.157. The van der Waals surface area contributed by atoms with Crippen LogP contribution < -0.4 is 0 Å². The van der Waals surface area contributed by atoms with Crippen molar-refractivity contribution in [2.45, 2.75) is 97.8 Å². The first kappa shape index (κ1) is 51.9. The molecule has 0 amide bonds. The second-order valence-corrected chi connectivity index (χ2v) is 25.3. The van der Waals surface area contributed by atoms with E-state index in [9.17, 15) is 5.11 Å². The third-order valence-electron chi connectivity index (χ3n) is 16.5. The Morgan fingerprint density at radius 3 is 1.69 bits per heavy atom. The Kier molecular flexibility index (Phi) is 12.7. The summed E-state index contributed by atoms with van der Waals surface area (Å²) in [6, 6.07) is 76.7. The van der Waals surface area contributed by atoms with Gasteiger partial charge in [0.1, 0.15) is 11.6 Å². The minimum absolute atomic E-state index is 0.102. The van der Waals surface area contributed by atoms with Gasteiger partial charge in [0.05, 0.1) is 39.0 Å². The number of hydrogen-bond acceptors (Lipinski definition) is 3. The number of phenolic OH excluding ortho intramolecular Hbond substituents is 1. The van der Waals surface area contributed by atoms with Crippen LogP contribution >= 0.6 is 0 Å². The lowest BCUT2D eigenvalue weighted by Crippen LogP contribution is -2.18. The highest BCUT2D eigenvalue weighted by Gasteiger charge is 2.31. The van der Waals surface area contributed by atoms with Crippen LogP contribution in [0.15, 0.2) is 219 Å². The van der Waals surface area contributed by atoms with Gasteiger partial charge in [0.15, 0.2) is 0 Å². The summed E-state index contributed by atoms with van der Waals surface area (Å²) in [7, 11) is 0. The van der Waals surface area contributed by atoms with Crippen molar-refractivity contribution < 1.29 is 5.11 Å². The highest BCUT2D eigenvalue weighted by atomic mass is 16.3. The van der Waals surface area contributed by atoms with Crippen molar-refractivity contribution in [1.82, 2.24) is 19.1 Å². The van der Waals surface area contributed by atoms with E-state index in [0.717, 1.165) is 100.0 Å². The first-order valence-electron chi connectivity index (χ1n) is 28.1. The smallest absolute Gasteiger partial charge is 0.149 e. The Labute approximate surface area is 471 Å². The summed E-state index contributed by atoms with van der Waals surface area (Å²) in [5.41, 5.74) is 19.9. The normalized spacial score (nSPS) is 12.5. The van der Waals surface area contributed by atoms with Crippen LogP contribution in [0.1, 0.15) is 104 Å². The van der Waals surface area contributed by atoms with Crippen LogP contribution in [0.25, 0.3) is 100 Å². The number of rotatable bonds is 9. The number of imidazole rings is 1. The number of hydrogen-bond donors (Lipinski definition) is 1. The van der Waals surface area contributed by atoms with E-state index >= 15 is 0 Å². The molecule has 0 unspecified atom stereocenters. The van der Waals surface area contributed by atoms with Crippen molar-refractivity contribution in [3.8, 4) is 73.2 Å². The molecule has 12 rings (SSSR count). The van der Waals surface area contributed by atoms with E-state index in [1.807, 2.05) is 6.20 Å². The number of para-hydroxylation sites is 3. The fourth-order valence-electron chi connectivity index (χ4n) is 11.8. The van der Waals surface area contributed by atoms with Crippen LogP contribution in [0.4, 0.5) is 0 Å². The van der Waals surface area contributed by atoms with E-state index in [-0.39, 0.29) is 27.4 Å². The fourth-order valence-corrected chi connectivity index (χ4v) is 11.8. The second kappa shape index (κ2) is 19.5. The Morgan fingerprint density at radius 2 is 1.00 bits per heavy atom. The summed E-state index contributed by atoms with van der Waals surface area (Å²) in [5.74, 6) is 0.922. The third kappa shape index (κ3) is 9.18. The number of aromatic hydroxyl groups is 1. The van der Waals surface area contributed by atoms with Crippen molar-refractivity contribution in [3.05, 3.63) is 246 Å². The van der Waals surface area contributed by atoms with Gasteiger partial charge >= 0.3 is 0 Å². The molecule has 0 spiro atoms. The van der Waals surface area contributed by atoms with Crippen LogP contribution in [0, 0.1) is 0 Å². The van der Waals surface area contributed by atoms with Crippen LogP contribution in [0.3, 0.4) is 0 Å². The summed E-state index contributed by atoms with van der Waals surface area (Å²) < 4.78 is 4.70. The van der Waals surface area contributed by atoms with E-state index in [1.54, 1.807) is 0 Å². The van der Waals surface area contributed by atoms with Gasteiger partial charge in [0.2, 0.25) is 0 Å². The van der Waals surface area contributed by atoms with Gasteiger partial charge in [-0.15, -0.1) is 0 Å². The van der Waals surface area contributed by atoms with Gasteiger partial charge in [-0.2, -0.15) is 0 Å². The minimum Gasteiger partial charge on any atom is -0.507 e. The predicted octanol–water partition coefficient (Wildman–Crippen LogP) is 19.8. The Balaban J connectivity index is 1.14. The lowest BCUT2D eigenvalue weighted by atomic mass is 9.78. The maximum Gasteiger partial charge on any atom is 0.149 e. The van der Waals surface area contributed by atoms with E-state index in [1.165, 1.54) is 16.7 Å². The lowest BCUT2D eigenvalue weighted by molar-refractivity contribution is 0.446. The average Bonchev–Trinajstić information content (AvgIpc) is 4.04. The zero-order valence-corrected chi connectivity index (χ0v) is 48.0. The molecule has 1 N–H and O–H groups in total. The number of phenols is 1. The summed E-state index contributed by atoms with van der Waals surface area (Å²) in [5, 5.41) is 15.1. The molecule has 0 radical (unpaired) electrons. The predicted molar refractivity (Wildman–Crippen MR) is 337 cm³/mol. The molecule has 0 aliphatic carbocycles. The first-order chi connectivity index (χ1) is 38.3. The summed E-state index contributed by atoms with van der Waals surface area (Å²) >= 11 is 0. The van der Waals surface area contributed by atoms with Gasteiger partial charge in [0.25, 0.3) is 0 Å². The molecule has 3 heterocycles. The van der Waals surface area contributed by atoms with E-state index in [0.29, 0.717) is 11.4 Å². The largest absolute Gasteiger partial charge is 0.507 e. The lowest BCUT2D eigenvalue weighted by Gasteiger charge is -2.28. The highest BCUT2D eigenvalue weighted by Crippen LogP contribution is 2.48. The molecule has 0 aliphatic heterocycles. The van der Waals surface area contributed by atoms with Crippen molar-refractivity contribution in [2.24, 2.45) is 0 Å². The zero-order valence-electron chi connectivity index (χ0n) is 48.0. The number of benzene rings is 9. The summed E-state index contributed by atoms with van der Waals surface area (Å²) in [6.07, 6.45) is 1.95. The monoisotopic (exact) mass is 1040 g/mol. The Hall–Kier alpha value is -8.80. The van der Waals surface area contributed by atoms with E-state index in [2.05, 4.69) is 298 Å². The van der Waals surface area contributed by atoms with Gasteiger partial charge in [-0.05, 0) is 127 Å². The second-order valence-electron chi connectivity index (χ2n) is 25.3. The number of pyridine rings is 1. The number of fused-ring (bicyclic) bond motifs is 4. The zero-order chi connectivity index (χ0) is 55.9. The topological polar surface area (TPSA) is 55.9 Å². The minimum atomic E-state index is -0.357. The summed E-state index contributed by atoms with van der Waals surface area (Å²) in [4.78, 5) is 11.1. The molecule has 0 saturated heterocycles. The molecule has 80 heavy (non-hydrogen) atoms. The standard InChI is InChI=1S/C75H70N4O/c1-72(2,3)54-38-39-66(59(45-54)49-24-15-12-16-25-49)79-67-33-23-31-57(68(67)77-71(79)62-46-55(73(4,5)6)47-63(70(62)80)74(7,8)9)51-42-60-58-30-21-22-32-65(58)78(56-28-19-14-20-29-56)69(60)61(43-51)64-44-50(40-41-76-64)48-34-36-53(37-35-48)75(10,11)52-26-17-13-18-27-52/h12-47,80H,1-11H3. The molecular weight excluding hydrogens is 973 g/mol. The number of aromatic nitrogens is 4. The van der Waals surface area contributed by atoms with Gasteiger partial charge in [-0.3, -0.25) is 9.55 Å². The van der Waals surface area contributed by atoms with Crippen LogP contribution in [0.5, 0.6) is 5.75 Å². The maximum atomic E-state index is 12.8. The van der Waals surface area contributed by atoms with Crippen LogP contribution in [0.2, 0.25) is 0 Å². The number of nitrogens with zero attached hydrogens (tertiary/aromatic N) is 4. The van der Waals surface area contributed by atoms with Gasteiger partial charge < -0.3 is 9.67 Å². The molecule has 0 atom stereocenters. The first-order valence-corrected chi connectivity index (χ1v) is 28.1. The molecule has 5 heteroatoms. The van der Waals surface area contributed by atoms with Crippen molar-refractivity contribution >= 4 is 32.8 Å². The van der Waals surface area contributed by atoms with E-state index in [4.69, 9.17) is 9.97 Å². The van der Waals surface area contributed by atoms with Gasteiger partial charge in [-0.1, -0.05) is 222 Å². The molecule has 0 aliphatic rings. The summed E-state index contributed by atoms with van der Waals surface area (Å²) in [6.45, 7) is 24.6. The SMILES string of the molecule is CC(C)(C)c1ccc(-n2c(-c3cc(C(C)(C)C)cc(C(C)(C)C)c3O)nc3c(-c4cc(-c5cc(-c6ccc(C(C)(C)c7ccccc7)cc6)ccn5)c5c(c4)c4ccccc4n5-c4ccccc4)cccc32)c(-c2ccccc2)c1. The highest BCUT2D eigenvalue weighted by molar-refractivity contribution is 6.16. The molecule has 396 valence electrons. The van der Waals surface area contributed by atoms with Crippen LogP contribution in [-0.2, 0) is 21.7 Å². The molecular formula is C75H70N4O. The molecule has 0 bridgehead atoms. The van der Waals surface area contributed by atoms with Gasteiger partial charge in [0, 0.05) is 50.3 Å². The molecule has 12 aromatic rings. The van der Waals surface area contributed by atoms with Crippen molar-refractivity contribution in [3.63, 3.8) is 0 Å². The Morgan fingerprint density at radius 1 is 0.388 bits per heavy atom. The Bertz CT molecular complexity index is 4290. The molecule has 0 fully saturated rings. The maximum absolute atomic E-state index is 12.8. The van der Waals surface area contributed by atoms with E-state index < -0.39 is 0 Å².